The molecule has 6 atom stereocenters. The smallest absolute Gasteiger partial charge is 0.253 e. The van der Waals surface area contributed by atoms with E-state index in [0.717, 1.165) is 0 Å². The molecule has 9 heteroatoms. The number of hydrogen-bond acceptors (Lipinski definition) is 5. The van der Waals surface area contributed by atoms with Crippen molar-refractivity contribution in [3.63, 3.8) is 0 Å². The van der Waals surface area contributed by atoms with Crippen molar-refractivity contribution in [1.82, 2.24) is 4.90 Å². The minimum Gasteiger partial charge on any atom is -0.396 e. The average Bonchev–Trinajstić information content (AvgIpc) is 3.50. The highest BCUT2D eigenvalue weighted by Gasteiger charge is 2.80. The predicted octanol–water partition coefficient (Wildman–Crippen LogP) is 4.47. The highest BCUT2D eigenvalue weighted by molar-refractivity contribution is 6.30. The monoisotopic (exact) mass is 591 g/mol. The molecule has 2 aromatic carbocycles. The summed E-state index contributed by atoms with van der Waals surface area (Å²) in [5.74, 6) is -2.62. The Kier molecular flexibility index (Phi) is 8.34. The van der Waals surface area contributed by atoms with Gasteiger partial charge in [-0.3, -0.25) is 14.4 Å². The van der Waals surface area contributed by atoms with Crippen LogP contribution in [0.25, 0.3) is 0 Å². The number of rotatable bonds is 11. The Hall–Kier alpha value is -3.46. The lowest BCUT2D eigenvalue weighted by atomic mass is 9.62. The van der Waals surface area contributed by atoms with Gasteiger partial charge in [-0.05, 0) is 62.1 Å². The Morgan fingerprint density at radius 1 is 1.05 bits per heavy atom. The number of fused-ring (bicyclic) bond motifs is 1. The first-order chi connectivity index (χ1) is 20.1. The van der Waals surface area contributed by atoms with Gasteiger partial charge in [-0.1, -0.05) is 48.9 Å². The second-order valence-electron chi connectivity index (χ2n) is 11.6. The minimum absolute atomic E-state index is 0.103. The minimum atomic E-state index is -1.21. The van der Waals surface area contributed by atoms with E-state index < -0.39 is 29.1 Å². The Bertz CT molecular complexity index is 1370. The number of carbonyl (C=O) groups is 3. The predicted molar refractivity (Wildman–Crippen MR) is 163 cm³/mol. The molecule has 3 aliphatic rings. The van der Waals surface area contributed by atoms with E-state index in [2.05, 4.69) is 13.2 Å². The largest absolute Gasteiger partial charge is 0.396 e. The number of benzene rings is 2. The third-order valence-corrected chi connectivity index (χ3v) is 9.49. The number of aliphatic hydroxyl groups excluding tert-OH is 1. The zero-order valence-electron chi connectivity index (χ0n) is 24.1. The lowest BCUT2D eigenvalue weighted by Gasteiger charge is -2.39. The Morgan fingerprint density at radius 3 is 2.24 bits per heavy atom. The number of likely N-dealkylation sites (tertiary alicyclic amines) is 1. The van der Waals surface area contributed by atoms with Gasteiger partial charge in [-0.25, -0.2) is 0 Å². The summed E-state index contributed by atoms with van der Waals surface area (Å²) in [6.07, 6.45) is 4.03. The molecule has 8 nitrogen and oxygen atoms in total. The molecule has 0 radical (unpaired) electrons. The van der Waals surface area contributed by atoms with Crippen molar-refractivity contribution < 1.29 is 24.2 Å². The quantitative estimate of drug-likeness (QED) is 0.390. The molecule has 1 N–H and O–H groups in total. The summed E-state index contributed by atoms with van der Waals surface area (Å²) in [6, 6.07) is 15.2. The van der Waals surface area contributed by atoms with Gasteiger partial charge in [-0.15, -0.1) is 13.2 Å². The molecule has 0 aliphatic carbocycles. The maximum absolute atomic E-state index is 14.6. The number of anilines is 2. The summed E-state index contributed by atoms with van der Waals surface area (Å²) >= 11 is 6.13. The third-order valence-electron chi connectivity index (χ3n) is 9.23. The number of para-hydroxylation sites is 1. The van der Waals surface area contributed by atoms with Crippen molar-refractivity contribution in [2.45, 2.75) is 43.9 Å². The number of ether oxygens (including phenoxy) is 1. The molecule has 5 rings (SSSR count). The van der Waals surface area contributed by atoms with Gasteiger partial charge >= 0.3 is 0 Å². The first kappa shape index (κ1) is 30.0. The number of nitrogens with zero attached hydrogens (tertiary/aromatic N) is 3. The highest BCUT2D eigenvalue weighted by atomic mass is 35.5. The van der Waals surface area contributed by atoms with Crippen molar-refractivity contribution in [3.05, 3.63) is 84.9 Å². The van der Waals surface area contributed by atoms with Gasteiger partial charge in [0.15, 0.2) is 0 Å². The Morgan fingerprint density at radius 2 is 1.64 bits per heavy atom. The molecule has 2 aromatic rings. The molecule has 1 spiro atoms. The van der Waals surface area contributed by atoms with Gasteiger partial charge in [0, 0.05) is 42.6 Å². The summed E-state index contributed by atoms with van der Waals surface area (Å²) < 4.78 is 6.89. The molecular weight excluding hydrogens is 554 g/mol. The highest BCUT2D eigenvalue weighted by Crippen LogP contribution is 2.65. The van der Waals surface area contributed by atoms with E-state index in [4.69, 9.17) is 16.3 Å². The summed E-state index contributed by atoms with van der Waals surface area (Å²) in [6.45, 7) is 12.1. The molecule has 3 heterocycles. The van der Waals surface area contributed by atoms with Gasteiger partial charge in [0.05, 0.1) is 17.4 Å². The van der Waals surface area contributed by atoms with E-state index in [-0.39, 0.29) is 49.9 Å². The van der Waals surface area contributed by atoms with E-state index in [9.17, 15) is 19.5 Å². The zero-order chi connectivity index (χ0) is 30.2. The average molecular weight is 592 g/mol. The van der Waals surface area contributed by atoms with E-state index >= 15 is 0 Å². The first-order valence-electron chi connectivity index (χ1n) is 14.4. The molecule has 3 amide bonds. The topological polar surface area (TPSA) is 90.4 Å². The van der Waals surface area contributed by atoms with E-state index in [1.165, 1.54) is 4.90 Å². The third kappa shape index (κ3) is 4.66. The number of amides is 3. The zero-order valence-corrected chi connectivity index (χ0v) is 24.9. The Balaban J connectivity index is 1.61. The van der Waals surface area contributed by atoms with Crippen LogP contribution in [-0.4, -0.2) is 71.2 Å². The van der Waals surface area contributed by atoms with Crippen LogP contribution in [0.5, 0.6) is 0 Å². The van der Waals surface area contributed by atoms with Crippen LogP contribution < -0.4 is 9.80 Å². The van der Waals surface area contributed by atoms with Crippen LogP contribution >= 0.6 is 11.6 Å². The summed E-state index contributed by atoms with van der Waals surface area (Å²) in [5, 5.41) is 10.2. The van der Waals surface area contributed by atoms with Gasteiger partial charge in [0.1, 0.15) is 11.6 Å². The standard InChI is InChI=1S/C33H38ClN3O5/c1-5-17-35(24-11-8-7-9-12-24)29(39)26-27-30(40)37(19-10-20-38)28(33(27)21-22(3)32(26,4)42-33)31(41)36(18-6-2)25-15-13-23(34)14-16-25/h5-9,11-16,22,26-28,38H,1-2,10,17-21H2,3-4H3/t22?,26-,27+,28?,32+,33?/m1/s1. The molecule has 0 aromatic heterocycles. The number of hydrogen-bond donors (Lipinski definition) is 1. The molecule has 3 unspecified atom stereocenters. The van der Waals surface area contributed by atoms with Gasteiger partial charge in [-0.2, -0.15) is 0 Å². The van der Waals surface area contributed by atoms with Crippen molar-refractivity contribution in [2.24, 2.45) is 17.8 Å². The molecule has 3 aliphatic heterocycles. The van der Waals surface area contributed by atoms with Crippen molar-refractivity contribution >= 4 is 40.7 Å². The molecule has 42 heavy (non-hydrogen) atoms. The molecule has 0 saturated carbocycles. The molecular formula is C33H38ClN3O5. The second kappa shape index (κ2) is 11.7. The second-order valence-corrected chi connectivity index (χ2v) is 12.0. The maximum atomic E-state index is 14.6. The van der Waals surface area contributed by atoms with Crippen molar-refractivity contribution in [2.75, 3.05) is 36.0 Å². The van der Waals surface area contributed by atoms with Crippen LogP contribution in [0, 0.1) is 17.8 Å². The SMILES string of the molecule is C=CCN(C(=O)C1N(CCCO)C(=O)[C@@H]2[C@H](C(=O)N(CC=C)c3ccccc3)[C@@]3(C)OC12CC3C)c1ccc(Cl)cc1. The van der Waals surface area contributed by atoms with Gasteiger partial charge in [0.2, 0.25) is 11.8 Å². The number of halogens is 1. The first-order valence-corrected chi connectivity index (χ1v) is 14.8. The van der Waals surface area contributed by atoms with Crippen molar-refractivity contribution in [1.29, 1.82) is 0 Å². The van der Waals surface area contributed by atoms with Gasteiger partial charge in [0.25, 0.3) is 5.91 Å². The van der Waals surface area contributed by atoms with Crippen LogP contribution in [0.2, 0.25) is 5.02 Å². The number of carbonyl (C=O) groups excluding carboxylic acids is 3. The lowest BCUT2D eigenvalue weighted by molar-refractivity contribution is -0.146. The molecule has 2 bridgehead atoms. The normalized spacial score (nSPS) is 29.3. The molecule has 222 valence electrons. The van der Waals surface area contributed by atoms with E-state index in [1.807, 2.05) is 44.2 Å². The number of aliphatic hydroxyl groups is 1. The summed E-state index contributed by atoms with van der Waals surface area (Å²) in [4.78, 5) is 48.3. The summed E-state index contributed by atoms with van der Waals surface area (Å²) in [5.41, 5.74) is -0.859. The van der Waals surface area contributed by atoms with Crippen LogP contribution in [0.4, 0.5) is 11.4 Å². The van der Waals surface area contributed by atoms with Crippen LogP contribution in [0.1, 0.15) is 26.7 Å². The van der Waals surface area contributed by atoms with E-state index in [1.54, 1.807) is 46.2 Å². The lowest BCUT2D eigenvalue weighted by Crippen LogP contribution is -2.57. The fourth-order valence-corrected chi connectivity index (χ4v) is 7.45. The van der Waals surface area contributed by atoms with Crippen molar-refractivity contribution in [3.8, 4) is 0 Å². The summed E-state index contributed by atoms with van der Waals surface area (Å²) in [7, 11) is 0. The fraction of sp³-hybridized carbons (Fsp3) is 0.424. The fourth-order valence-electron chi connectivity index (χ4n) is 7.32. The Labute approximate surface area is 252 Å². The maximum Gasteiger partial charge on any atom is 0.253 e. The van der Waals surface area contributed by atoms with Gasteiger partial charge < -0.3 is 24.5 Å². The van der Waals surface area contributed by atoms with Crippen LogP contribution in [0.3, 0.4) is 0 Å². The molecule has 3 fully saturated rings. The van der Waals surface area contributed by atoms with E-state index in [0.29, 0.717) is 29.2 Å². The van der Waals surface area contributed by atoms with Crippen LogP contribution in [0.15, 0.2) is 79.9 Å². The molecule has 3 saturated heterocycles. The van der Waals surface area contributed by atoms with Crippen LogP contribution in [-0.2, 0) is 19.1 Å².